The predicted molar refractivity (Wildman–Crippen MR) is 75.4 cm³/mol. The zero-order chi connectivity index (χ0) is 14.7. The summed E-state index contributed by atoms with van der Waals surface area (Å²) in [6, 6.07) is 6.70. The Morgan fingerprint density at radius 2 is 2.25 bits per heavy atom. The fourth-order valence-corrected chi connectivity index (χ4v) is 2.43. The molecule has 6 heteroatoms. The molecule has 0 radical (unpaired) electrons. The van der Waals surface area contributed by atoms with Gasteiger partial charge in [0.2, 0.25) is 5.91 Å². The van der Waals surface area contributed by atoms with E-state index in [1.165, 1.54) is 12.1 Å². The van der Waals surface area contributed by atoms with Crippen molar-refractivity contribution in [2.75, 3.05) is 13.1 Å². The van der Waals surface area contributed by atoms with Crippen molar-refractivity contribution in [2.45, 2.75) is 32.4 Å². The molecule has 0 aromatic heterocycles. The summed E-state index contributed by atoms with van der Waals surface area (Å²) in [6.07, 6.45) is 0.207. The zero-order valence-corrected chi connectivity index (χ0v) is 11.7. The lowest BCUT2D eigenvalue weighted by Crippen LogP contribution is -2.56. The minimum atomic E-state index is -0.441. The van der Waals surface area contributed by atoms with E-state index in [4.69, 9.17) is 0 Å². The standard InChI is InChI=1S/C14H19N3O3/c1-10-9-16(11(2)8-15-10)14(18)7-12-4-3-5-13(6-12)17(19)20/h3-6,10-11,15H,7-9H2,1-2H3. The summed E-state index contributed by atoms with van der Waals surface area (Å²) >= 11 is 0. The summed E-state index contributed by atoms with van der Waals surface area (Å²) in [5.41, 5.74) is 0.708. The predicted octanol–water partition coefficient (Wildman–Crippen LogP) is 1.35. The minimum absolute atomic E-state index is 0.0198. The molecule has 2 rings (SSSR count). The number of nitrogens with zero attached hydrogens (tertiary/aromatic N) is 2. The Bertz CT molecular complexity index is 518. The molecule has 1 aromatic rings. The van der Waals surface area contributed by atoms with E-state index in [0.29, 0.717) is 12.1 Å². The number of carbonyl (C=O) groups is 1. The van der Waals surface area contributed by atoms with Crippen LogP contribution < -0.4 is 5.32 Å². The highest BCUT2D eigenvalue weighted by Crippen LogP contribution is 2.15. The van der Waals surface area contributed by atoms with Crippen LogP contribution in [-0.2, 0) is 11.2 Å². The maximum absolute atomic E-state index is 12.3. The summed E-state index contributed by atoms with van der Waals surface area (Å²) in [4.78, 5) is 24.5. The van der Waals surface area contributed by atoms with Crippen LogP contribution in [0.2, 0.25) is 0 Å². The number of non-ortho nitro benzene ring substituents is 1. The van der Waals surface area contributed by atoms with Crippen LogP contribution in [0.3, 0.4) is 0 Å². The Morgan fingerprint density at radius 1 is 1.50 bits per heavy atom. The van der Waals surface area contributed by atoms with Gasteiger partial charge < -0.3 is 10.2 Å². The number of nitro benzene ring substituents is 1. The molecule has 0 saturated carbocycles. The summed E-state index contributed by atoms with van der Waals surface area (Å²) < 4.78 is 0. The third-order valence-corrected chi connectivity index (χ3v) is 3.56. The van der Waals surface area contributed by atoms with Gasteiger partial charge in [0.15, 0.2) is 0 Å². The Labute approximate surface area is 117 Å². The van der Waals surface area contributed by atoms with Crippen LogP contribution in [0, 0.1) is 10.1 Å². The average Bonchev–Trinajstić information content (AvgIpc) is 2.41. The Morgan fingerprint density at radius 3 is 2.95 bits per heavy atom. The minimum Gasteiger partial charge on any atom is -0.337 e. The summed E-state index contributed by atoms with van der Waals surface area (Å²) in [6.45, 7) is 5.50. The van der Waals surface area contributed by atoms with Gasteiger partial charge in [-0.1, -0.05) is 12.1 Å². The first kappa shape index (κ1) is 14.5. The highest BCUT2D eigenvalue weighted by molar-refractivity contribution is 5.79. The SMILES string of the molecule is CC1CN(C(=O)Cc2cccc([N+](=O)[O-])c2)C(C)CN1. The number of amides is 1. The van der Waals surface area contributed by atoms with Crippen LogP contribution in [0.4, 0.5) is 5.69 Å². The maximum Gasteiger partial charge on any atom is 0.269 e. The second-order valence-electron chi connectivity index (χ2n) is 5.31. The van der Waals surface area contributed by atoms with Crippen LogP contribution in [0.5, 0.6) is 0 Å². The number of carbonyl (C=O) groups excluding carboxylic acids is 1. The van der Waals surface area contributed by atoms with Crippen molar-refractivity contribution in [1.82, 2.24) is 10.2 Å². The van der Waals surface area contributed by atoms with Crippen molar-refractivity contribution in [1.29, 1.82) is 0 Å². The first-order valence-electron chi connectivity index (χ1n) is 6.73. The molecule has 2 atom stereocenters. The Kier molecular flexibility index (Phi) is 4.34. The fraction of sp³-hybridized carbons (Fsp3) is 0.500. The van der Waals surface area contributed by atoms with Crippen LogP contribution in [0.25, 0.3) is 0 Å². The van der Waals surface area contributed by atoms with E-state index >= 15 is 0 Å². The Hall–Kier alpha value is -1.95. The summed E-state index contributed by atoms with van der Waals surface area (Å²) in [5, 5.41) is 14.1. The lowest BCUT2D eigenvalue weighted by atomic mass is 10.1. The molecule has 0 aliphatic carbocycles. The lowest BCUT2D eigenvalue weighted by Gasteiger charge is -2.37. The molecule has 1 aliphatic rings. The van der Waals surface area contributed by atoms with Crippen LogP contribution in [-0.4, -0.2) is 40.9 Å². The van der Waals surface area contributed by atoms with Gasteiger partial charge in [-0.2, -0.15) is 0 Å². The topological polar surface area (TPSA) is 75.5 Å². The second kappa shape index (κ2) is 6.00. The molecule has 1 aromatic carbocycles. The van der Waals surface area contributed by atoms with E-state index in [1.54, 1.807) is 12.1 Å². The fourth-order valence-electron chi connectivity index (χ4n) is 2.43. The van der Waals surface area contributed by atoms with Gasteiger partial charge in [0.25, 0.3) is 5.69 Å². The lowest BCUT2D eigenvalue weighted by molar-refractivity contribution is -0.384. The van der Waals surface area contributed by atoms with E-state index in [9.17, 15) is 14.9 Å². The number of nitrogens with one attached hydrogen (secondary N) is 1. The van der Waals surface area contributed by atoms with Gasteiger partial charge in [0.1, 0.15) is 0 Å². The van der Waals surface area contributed by atoms with Gasteiger partial charge in [-0.05, 0) is 19.4 Å². The highest BCUT2D eigenvalue weighted by atomic mass is 16.6. The molecule has 20 heavy (non-hydrogen) atoms. The van der Waals surface area contributed by atoms with Crippen LogP contribution in [0.1, 0.15) is 19.4 Å². The molecule has 1 N–H and O–H groups in total. The first-order valence-corrected chi connectivity index (χ1v) is 6.73. The monoisotopic (exact) mass is 277 g/mol. The molecule has 1 saturated heterocycles. The molecular formula is C14H19N3O3. The molecule has 108 valence electrons. The van der Waals surface area contributed by atoms with E-state index in [1.807, 2.05) is 18.7 Å². The second-order valence-corrected chi connectivity index (χ2v) is 5.31. The van der Waals surface area contributed by atoms with Crippen molar-refractivity contribution < 1.29 is 9.72 Å². The van der Waals surface area contributed by atoms with Gasteiger partial charge in [-0.3, -0.25) is 14.9 Å². The zero-order valence-electron chi connectivity index (χ0n) is 11.7. The number of hydrogen-bond donors (Lipinski definition) is 1. The first-order chi connectivity index (χ1) is 9.47. The molecule has 1 fully saturated rings. The van der Waals surface area contributed by atoms with E-state index < -0.39 is 4.92 Å². The molecule has 1 amide bonds. The maximum atomic E-state index is 12.3. The van der Waals surface area contributed by atoms with Crippen molar-refractivity contribution in [2.24, 2.45) is 0 Å². The smallest absolute Gasteiger partial charge is 0.269 e. The highest BCUT2D eigenvalue weighted by Gasteiger charge is 2.26. The van der Waals surface area contributed by atoms with Gasteiger partial charge in [0.05, 0.1) is 11.3 Å². The van der Waals surface area contributed by atoms with Crippen molar-refractivity contribution in [3.05, 3.63) is 39.9 Å². The molecule has 6 nitrogen and oxygen atoms in total. The Balaban J connectivity index is 2.07. The normalized spacial score (nSPS) is 22.6. The average molecular weight is 277 g/mol. The number of benzene rings is 1. The summed E-state index contributed by atoms with van der Waals surface area (Å²) in [5.74, 6) is 0.0198. The number of piperazine rings is 1. The quantitative estimate of drug-likeness (QED) is 0.668. The molecule has 1 aliphatic heterocycles. The van der Waals surface area contributed by atoms with Gasteiger partial charge >= 0.3 is 0 Å². The van der Waals surface area contributed by atoms with Crippen LogP contribution >= 0.6 is 0 Å². The third kappa shape index (κ3) is 3.33. The number of hydrogen-bond acceptors (Lipinski definition) is 4. The van der Waals surface area contributed by atoms with Crippen molar-refractivity contribution in [3.8, 4) is 0 Å². The van der Waals surface area contributed by atoms with Crippen molar-refractivity contribution >= 4 is 11.6 Å². The number of nitro groups is 1. The van der Waals surface area contributed by atoms with Crippen molar-refractivity contribution in [3.63, 3.8) is 0 Å². The number of rotatable bonds is 3. The van der Waals surface area contributed by atoms with Crippen LogP contribution in [0.15, 0.2) is 24.3 Å². The van der Waals surface area contributed by atoms with Gasteiger partial charge in [-0.25, -0.2) is 0 Å². The third-order valence-electron chi connectivity index (χ3n) is 3.56. The largest absolute Gasteiger partial charge is 0.337 e. The van der Waals surface area contributed by atoms with E-state index in [2.05, 4.69) is 5.32 Å². The molecule has 1 heterocycles. The molecule has 2 unspecified atom stereocenters. The van der Waals surface area contributed by atoms with E-state index in [0.717, 1.165) is 6.54 Å². The van der Waals surface area contributed by atoms with Gasteiger partial charge in [-0.15, -0.1) is 0 Å². The van der Waals surface area contributed by atoms with Gasteiger partial charge in [0, 0.05) is 37.3 Å². The molecule has 0 spiro atoms. The molecule has 0 bridgehead atoms. The molecular weight excluding hydrogens is 258 g/mol. The summed E-state index contributed by atoms with van der Waals surface area (Å²) in [7, 11) is 0. The van der Waals surface area contributed by atoms with E-state index in [-0.39, 0.29) is 30.1 Å².